The monoisotopic (exact) mass is 318 g/mol. The summed E-state index contributed by atoms with van der Waals surface area (Å²) in [6.07, 6.45) is 3.12. The average molecular weight is 318 g/mol. The van der Waals surface area contributed by atoms with Crippen LogP contribution in [-0.4, -0.2) is 58.4 Å². The largest absolute Gasteiger partial charge is 0.382 e. The predicted octanol–water partition coefficient (Wildman–Crippen LogP) is 0.238. The molecule has 0 bridgehead atoms. The summed E-state index contributed by atoms with van der Waals surface area (Å²) >= 11 is 0. The van der Waals surface area contributed by atoms with Gasteiger partial charge in [0.2, 0.25) is 16.0 Å². The molecule has 0 aliphatic rings. The molecule has 0 amide bonds. The summed E-state index contributed by atoms with van der Waals surface area (Å²) in [5.41, 5.74) is 0. The number of methoxy groups -OCH3 is 2. The Balaban J connectivity index is 2.65. The molecule has 0 fully saturated rings. The Morgan fingerprint density at radius 1 is 1.29 bits per heavy atom. The summed E-state index contributed by atoms with van der Waals surface area (Å²) < 4.78 is 36.6. The normalized spacial score (nSPS) is 13.1. The van der Waals surface area contributed by atoms with Gasteiger partial charge in [0.05, 0.1) is 25.1 Å². The molecular weight excluding hydrogens is 296 g/mol. The second kappa shape index (κ2) is 8.88. The summed E-state index contributed by atoms with van der Waals surface area (Å²) in [4.78, 5) is 7.95. The molecule has 0 saturated carbocycles. The van der Waals surface area contributed by atoms with Gasteiger partial charge in [0.15, 0.2) is 0 Å². The minimum absolute atomic E-state index is 0.0109. The van der Waals surface area contributed by atoms with Crippen LogP contribution < -0.4 is 10.0 Å². The summed E-state index contributed by atoms with van der Waals surface area (Å²) in [6, 6.07) is 0. The molecule has 2 N–H and O–H groups in total. The number of hydrogen-bond acceptors (Lipinski definition) is 7. The Labute approximate surface area is 125 Å². The maximum atomic E-state index is 12.1. The molecule has 0 saturated heterocycles. The Kier molecular flexibility index (Phi) is 7.51. The molecule has 0 spiro atoms. The van der Waals surface area contributed by atoms with Gasteiger partial charge in [-0.1, -0.05) is 6.92 Å². The van der Waals surface area contributed by atoms with Gasteiger partial charge in [-0.3, -0.25) is 0 Å². The third kappa shape index (κ3) is 5.92. The van der Waals surface area contributed by atoms with E-state index in [1.807, 2.05) is 6.92 Å². The first-order valence-corrected chi connectivity index (χ1v) is 8.09. The topological polar surface area (TPSA) is 102 Å². The van der Waals surface area contributed by atoms with Crippen molar-refractivity contribution in [2.45, 2.75) is 24.3 Å². The van der Waals surface area contributed by atoms with Gasteiger partial charge in [-0.15, -0.1) is 0 Å². The van der Waals surface area contributed by atoms with E-state index >= 15 is 0 Å². The molecule has 0 aliphatic carbocycles. The predicted molar refractivity (Wildman–Crippen MR) is 78.7 cm³/mol. The van der Waals surface area contributed by atoms with Gasteiger partial charge >= 0.3 is 0 Å². The molecular formula is C12H22N4O4S. The Morgan fingerprint density at radius 3 is 2.48 bits per heavy atom. The minimum Gasteiger partial charge on any atom is -0.382 e. The zero-order chi connectivity index (χ0) is 15.7. The fraction of sp³-hybridized carbons (Fsp3) is 0.667. The third-order valence-electron chi connectivity index (χ3n) is 2.66. The second-order valence-corrected chi connectivity index (χ2v) is 6.10. The highest BCUT2D eigenvalue weighted by Gasteiger charge is 2.17. The van der Waals surface area contributed by atoms with E-state index in [0.717, 1.165) is 13.0 Å². The van der Waals surface area contributed by atoms with Crippen molar-refractivity contribution in [3.05, 3.63) is 12.4 Å². The summed E-state index contributed by atoms with van der Waals surface area (Å²) in [5, 5.41) is 2.98. The molecule has 1 aromatic rings. The highest BCUT2D eigenvalue weighted by molar-refractivity contribution is 7.89. The molecule has 1 rings (SSSR count). The highest BCUT2D eigenvalue weighted by Crippen LogP contribution is 2.07. The van der Waals surface area contributed by atoms with E-state index in [1.54, 1.807) is 0 Å². The summed E-state index contributed by atoms with van der Waals surface area (Å²) in [6.45, 7) is 3.16. The number of nitrogens with one attached hydrogen (secondary N) is 2. The van der Waals surface area contributed by atoms with Crippen LogP contribution in [0.25, 0.3) is 0 Å². The van der Waals surface area contributed by atoms with Crippen molar-refractivity contribution < 1.29 is 17.9 Å². The quantitative estimate of drug-likeness (QED) is 0.637. The van der Waals surface area contributed by atoms with Crippen LogP contribution >= 0.6 is 0 Å². The van der Waals surface area contributed by atoms with Gasteiger partial charge in [-0.25, -0.2) is 23.1 Å². The van der Waals surface area contributed by atoms with Crippen molar-refractivity contribution in [3.63, 3.8) is 0 Å². The second-order valence-electron chi connectivity index (χ2n) is 4.33. The van der Waals surface area contributed by atoms with Crippen molar-refractivity contribution in [1.82, 2.24) is 14.7 Å². The summed E-state index contributed by atoms with van der Waals surface area (Å²) in [5.74, 6) is 0.407. The fourth-order valence-electron chi connectivity index (χ4n) is 1.47. The first kappa shape index (κ1) is 17.8. The maximum Gasteiger partial charge on any atom is 0.243 e. The number of rotatable bonds is 10. The molecule has 9 heteroatoms. The molecule has 0 aliphatic heterocycles. The molecule has 120 valence electrons. The van der Waals surface area contributed by atoms with Crippen LogP contribution in [0.4, 0.5) is 5.95 Å². The van der Waals surface area contributed by atoms with Crippen molar-refractivity contribution in [3.8, 4) is 0 Å². The van der Waals surface area contributed by atoms with Crippen LogP contribution in [0, 0.1) is 0 Å². The van der Waals surface area contributed by atoms with Crippen LogP contribution in [0.15, 0.2) is 17.3 Å². The molecule has 1 aromatic heterocycles. The van der Waals surface area contributed by atoms with Gasteiger partial charge in [0.1, 0.15) is 4.90 Å². The van der Waals surface area contributed by atoms with Crippen LogP contribution in [0.3, 0.4) is 0 Å². The number of anilines is 1. The number of hydrogen-bond donors (Lipinski definition) is 2. The van der Waals surface area contributed by atoms with E-state index in [0.29, 0.717) is 12.6 Å². The maximum absolute atomic E-state index is 12.1. The fourth-order valence-corrected chi connectivity index (χ4v) is 2.42. The number of sulfonamides is 1. The van der Waals surface area contributed by atoms with Crippen LogP contribution in [0.1, 0.15) is 13.3 Å². The zero-order valence-corrected chi connectivity index (χ0v) is 13.3. The van der Waals surface area contributed by atoms with E-state index in [1.165, 1.54) is 26.6 Å². The van der Waals surface area contributed by atoms with Gasteiger partial charge in [-0.2, -0.15) is 0 Å². The first-order valence-electron chi connectivity index (χ1n) is 6.60. The molecule has 0 aromatic carbocycles. The smallest absolute Gasteiger partial charge is 0.243 e. The van der Waals surface area contributed by atoms with Crippen LogP contribution in [-0.2, 0) is 19.5 Å². The minimum atomic E-state index is -3.66. The Morgan fingerprint density at radius 2 is 1.95 bits per heavy atom. The van der Waals surface area contributed by atoms with E-state index in [2.05, 4.69) is 20.0 Å². The summed E-state index contributed by atoms with van der Waals surface area (Å²) in [7, 11) is -0.640. The van der Waals surface area contributed by atoms with Gasteiger partial charge in [0.25, 0.3) is 0 Å². The highest BCUT2D eigenvalue weighted by atomic mass is 32.2. The van der Waals surface area contributed by atoms with E-state index in [-0.39, 0.29) is 17.5 Å². The molecule has 1 heterocycles. The molecule has 1 unspecified atom stereocenters. The third-order valence-corrected chi connectivity index (χ3v) is 4.04. The lowest BCUT2D eigenvalue weighted by atomic mass is 10.4. The molecule has 21 heavy (non-hydrogen) atoms. The number of ether oxygens (including phenoxy) is 2. The van der Waals surface area contributed by atoms with E-state index in [4.69, 9.17) is 9.47 Å². The number of nitrogens with zero attached hydrogens (tertiary/aromatic N) is 2. The van der Waals surface area contributed by atoms with Crippen molar-refractivity contribution >= 4 is 16.0 Å². The lowest BCUT2D eigenvalue weighted by Gasteiger charge is -2.15. The van der Waals surface area contributed by atoms with E-state index < -0.39 is 10.0 Å². The van der Waals surface area contributed by atoms with Gasteiger partial charge < -0.3 is 14.8 Å². The average Bonchev–Trinajstić information content (AvgIpc) is 2.49. The molecule has 8 nitrogen and oxygen atoms in total. The van der Waals surface area contributed by atoms with Crippen molar-refractivity contribution in [1.29, 1.82) is 0 Å². The van der Waals surface area contributed by atoms with Gasteiger partial charge in [0, 0.05) is 27.3 Å². The Hall–Kier alpha value is -1.29. The lowest BCUT2D eigenvalue weighted by molar-refractivity contribution is 0.0320. The number of aromatic nitrogens is 2. The van der Waals surface area contributed by atoms with Crippen molar-refractivity contribution in [2.75, 3.05) is 39.2 Å². The molecule has 1 atom stereocenters. The zero-order valence-electron chi connectivity index (χ0n) is 12.5. The van der Waals surface area contributed by atoms with Crippen LogP contribution in [0.2, 0.25) is 0 Å². The standard InChI is InChI=1S/C12H22N4O4S/c1-4-5-13-12-14-7-11(8-15-12)21(17,18)16-6-10(20-3)9-19-2/h7-8,10,16H,4-6,9H2,1-3H3,(H,13,14,15). The first-order chi connectivity index (χ1) is 10.0. The Bertz CT molecular complexity index is 506. The molecule has 0 radical (unpaired) electrons. The van der Waals surface area contributed by atoms with Crippen molar-refractivity contribution in [2.24, 2.45) is 0 Å². The lowest BCUT2D eigenvalue weighted by Crippen LogP contribution is -2.35. The van der Waals surface area contributed by atoms with E-state index in [9.17, 15) is 8.42 Å². The van der Waals surface area contributed by atoms with Crippen LogP contribution in [0.5, 0.6) is 0 Å². The SMILES string of the molecule is CCCNc1ncc(S(=O)(=O)NCC(COC)OC)cn1. The van der Waals surface area contributed by atoms with Gasteiger partial charge in [-0.05, 0) is 6.42 Å².